The molecule has 5 heteroatoms. The normalized spacial score (nSPS) is 12.4. The van der Waals surface area contributed by atoms with Crippen LogP contribution in [0.4, 0.5) is 5.69 Å². The van der Waals surface area contributed by atoms with Gasteiger partial charge in [0.2, 0.25) is 0 Å². The second-order valence-corrected chi connectivity index (χ2v) is 12.4. The van der Waals surface area contributed by atoms with Crippen LogP contribution in [0.5, 0.6) is 0 Å². The van der Waals surface area contributed by atoms with Crippen LogP contribution in [0.1, 0.15) is 26.3 Å². The smallest absolute Gasteiger partial charge is 0.268 e. The Balaban J connectivity index is 1.25. The Hall–Kier alpha value is -7.03. The zero-order valence-electron chi connectivity index (χ0n) is 26.7. The van der Waals surface area contributed by atoms with E-state index in [-0.39, 0.29) is 11.8 Å². The lowest BCUT2D eigenvalue weighted by Gasteiger charge is -2.20. The van der Waals surface area contributed by atoms with E-state index in [1.54, 1.807) is 12.1 Å². The fourth-order valence-electron chi connectivity index (χ4n) is 7.24. The number of rotatable bonds is 5. The van der Waals surface area contributed by atoms with E-state index in [0.717, 1.165) is 55.2 Å². The first-order valence-corrected chi connectivity index (χ1v) is 16.4. The number of anilines is 1. The first-order chi connectivity index (χ1) is 24.6. The van der Waals surface area contributed by atoms with Gasteiger partial charge >= 0.3 is 0 Å². The van der Waals surface area contributed by atoms with Gasteiger partial charge in [0.25, 0.3) is 11.8 Å². The summed E-state index contributed by atoms with van der Waals surface area (Å²) in [6.45, 7) is 0. The van der Waals surface area contributed by atoms with Gasteiger partial charge in [-0.3, -0.25) is 9.59 Å². The average Bonchev–Trinajstić information content (AvgIpc) is 3.65. The van der Waals surface area contributed by atoms with Gasteiger partial charge in [-0.1, -0.05) is 121 Å². The van der Waals surface area contributed by atoms with Crippen molar-refractivity contribution in [3.8, 4) is 45.1 Å². The molecule has 0 atom stereocenters. The van der Waals surface area contributed by atoms with Gasteiger partial charge < -0.3 is 4.57 Å². The SMILES string of the molecule is N#Cc1cccc(-c2ccc3c4ccccc4n(-c4cccc5c4C(=O)N(c4cc(-c6ccccc6)ccc4-c4ccccc4)C5=O)c3c2)c1. The molecule has 0 unspecified atom stereocenters. The minimum absolute atomic E-state index is 0.357. The number of hydrogen-bond acceptors (Lipinski definition) is 3. The Morgan fingerprint density at radius 1 is 0.440 bits per heavy atom. The van der Waals surface area contributed by atoms with Gasteiger partial charge in [-0.25, -0.2) is 4.90 Å². The molecular weight excluding hydrogens is 615 g/mol. The maximum absolute atomic E-state index is 14.8. The molecule has 50 heavy (non-hydrogen) atoms. The van der Waals surface area contributed by atoms with Crippen LogP contribution in [0.3, 0.4) is 0 Å². The van der Waals surface area contributed by atoms with Gasteiger partial charge in [0.05, 0.1) is 45.2 Å². The van der Waals surface area contributed by atoms with Crippen LogP contribution in [0.25, 0.3) is 60.9 Å². The number of aromatic nitrogens is 1. The number of nitriles is 1. The van der Waals surface area contributed by atoms with Crippen molar-refractivity contribution in [3.05, 3.63) is 180 Å². The first-order valence-electron chi connectivity index (χ1n) is 16.4. The maximum Gasteiger partial charge on any atom is 0.268 e. The van der Waals surface area contributed by atoms with Gasteiger partial charge in [-0.05, 0) is 70.3 Å². The molecule has 8 aromatic rings. The van der Waals surface area contributed by atoms with Gasteiger partial charge in [0.1, 0.15) is 0 Å². The van der Waals surface area contributed by atoms with E-state index in [0.29, 0.717) is 28.1 Å². The summed E-state index contributed by atoms with van der Waals surface area (Å²) >= 11 is 0. The lowest BCUT2D eigenvalue weighted by Crippen LogP contribution is -2.30. The van der Waals surface area contributed by atoms with Crippen LogP contribution in [0, 0.1) is 11.3 Å². The molecular formula is C45H27N3O2. The number of imide groups is 1. The number of nitrogens with zero attached hydrogens (tertiary/aromatic N) is 3. The third kappa shape index (κ3) is 4.55. The summed E-state index contributed by atoms with van der Waals surface area (Å²) < 4.78 is 2.09. The molecule has 0 radical (unpaired) electrons. The molecule has 1 aliphatic rings. The standard InChI is InChI=1S/C45H27N3O2/c46-28-29-11-9-16-32(25-29)34-22-24-37-36-17-7-8-19-39(36)47(42(37)27-34)40-20-10-18-38-43(40)45(50)48(44(38)49)41-26-33(30-12-3-1-4-13-30)21-23-35(41)31-14-5-2-6-15-31/h1-27H. The summed E-state index contributed by atoms with van der Waals surface area (Å²) in [4.78, 5) is 30.6. The molecule has 1 aliphatic heterocycles. The summed E-state index contributed by atoms with van der Waals surface area (Å²) in [5, 5.41) is 11.6. The highest BCUT2D eigenvalue weighted by atomic mass is 16.2. The number of carbonyl (C=O) groups excluding carboxylic acids is 2. The van der Waals surface area contributed by atoms with Gasteiger partial charge in [0, 0.05) is 16.3 Å². The fourth-order valence-corrected chi connectivity index (χ4v) is 7.24. The molecule has 2 amide bonds. The Labute approximate surface area is 288 Å². The van der Waals surface area contributed by atoms with Crippen LogP contribution in [0.15, 0.2) is 164 Å². The molecule has 0 saturated carbocycles. The monoisotopic (exact) mass is 641 g/mol. The van der Waals surface area contributed by atoms with Crippen molar-refractivity contribution in [2.45, 2.75) is 0 Å². The second kappa shape index (κ2) is 11.6. The zero-order chi connectivity index (χ0) is 33.8. The van der Waals surface area contributed by atoms with Crippen molar-refractivity contribution in [2.24, 2.45) is 0 Å². The van der Waals surface area contributed by atoms with Gasteiger partial charge in [0.15, 0.2) is 0 Å². The molecule has 234 valence electrons. The molecule has 0 aliphatic carbocycles. The van der Waals surface area contributed by atoms with Crippen molar-refractivity contribution in [3.63, 3.8) is 0 Å². The van der Waals surface area contributed by atoms with Crippen LogP contribution < -0.4 is 4.90 Å². The van der Waals surface area contributed by atoms with E-state index >= 15 is 0 Å². The maximum atomic E-state index is 14.8. The van der Waals surface area contributed by atoms with Crippen molar-refractivity contribution < 1.29 is 9.59 Å². The highest BCUT2D eigenvalue weighted by Gasteiger charge is 2.40. The molecule has 1 aromatic heterocycles. The Morgan fingerprint density at radius 2 is 1.08 bits per heavy atom. The second-order valence-electron chi connectivity index (χ2n) is 12.4. The minimum Gasteiger partial charge on any atom is -0.308 e. The van der Waals surface area contributed by atoms with Crippen molar-refractivity contribution in [1.82, 2.24) is 4.57 Å². The van der Waals surface area contributed by atoms with Crippen LogP contribution in [-0.2, 0) is 0 Å². The molecule has 0 saturated heterocycles. The topological polar surface area (TPSA) is 66.1 Å². The third-order valence-electron chi connectivity index (χ3n) is 9.56. The van der Waals surface area contributed by atoms with E-state index in [1.165, 1.54) is 4.90 Å². The molecule has 0 fully saturated rings. The molecule has 2 heterocycles. The van der Waals surface area contributed by atoms with Crippen LogP contribution in [-0.4, -0.2) is 16.4 Å². The van der Waals surface area contributed by atoms with Crippen molar-refractivity contribution >= 4 is 39.3 Å². The number of carbonyl (C=O) groups is 2. The highest BCUT2D eigenvalue weighted by molar-refractivity contribution is 6.36. The Kier molecular flexibility index (Phi) is 6.75. The van der Waals surface area contributed by atoms with E-state index in [9.17, 15) is 14.9 Å². The number of benzene rings is 7. The number of fused-ring (bicyclic) bond motifs is 4. The van der Waals surface area contributed by atoms with Gasteiger partial charge in [-0.15, -0.1) is 0 Å². The van der Waals surface area contributed by atoms with E-state index in [1.807, 2.05) is 127 Å². The third-order valence-corrected chi connectivity index (χ3v) is 9.56. The summed E-state index contributed by atoms with van der Waals surface area (Å²) in [6, 6.07) is 55.4. The Bertz CT molecular complexity index is 2700. The summed E-state index contributed by atoms with van der Waals surface area (Å²) in [7, 11) is 0. The lowest BCUT2D eigenvalue weighted by atomic mass is 9.97. The molecule has 0 N–H and O–H groups in total. The lowest BCUT2D eigenvalue weighted by molar-refractivity contribution is 0.0926. The van der Waals surface area contributed by atoms with Crippen LogP contribution >= 0.6 is 0 Å². The first kappa shape index (κ1) is 29.1. The zero-order valence-corrected chi connectivity index (χ0v) is 26.7. The average molecular weight is 642 g/mol. The summed E-state index contributed by atoms with van der Waals surface area (Å²) in [5.41, 5.74) is 9.78. The number of hydrogen-bond donors (Lipinski definition) is 0. The molecule has 0 spiro atoms. The van der Waals surface area contributed by atoms with Crippen molar-refractivity contribution in [2.75, 3.05) is 4.90 Å². The van der Waals surface area contributed by atoms with Crippen LogP contribution in [0.2, 0.25) is 0 Å². The number of para-hydroxylation sites is 1. The summed E-state index contributed by atoms with van der Waals surface area (Å²) in [5.74, 6) is -0.726. The number of amides is 2. The van der Waals surface area contributed by atoms with Crippen molar-refractivity contribution in [1.29, 1.82) is 5.26 Å². The van der Waals surface area contributed by atoms with E-state index in [2.05, 4.69) is 34.9 Å². The highest BCUT2D eigenvalue weighted by Crippen LogP contribution is 2.42. The van der Waals surface area contributed by atoms with Gasteiger partial charge in [-0.2, -0.15) is 5.26 Å². The molecule has 9 rings (SSSR count). The fraction of sp³-hybridized carbons (Fsp3) is 0. The molecule has 7 aromatic carbocycles. The van der Waals surface area contributed by atoms with E-state index in [4.69, 9.17) is 0 Å². The molecule has 5 nitrogen and oxygen atoms in total. The van der Waals surface area contributed by atoms with E-state index < -0.39 is 0 Å². The summed E-state index contributed by atoms with van der Waals surface area (Å²) in [6.07, 6.45) is 0. The quantitative estimate of drug-likeness (QED) is 0.176. The molecule has 0 bridgehead atoms. The Morgan fingerprint density at radius 3 is 1.88 bits per heavy atom. The largest absolute Gasteiger partial charge is 0.308 e. The predicted octanol–water partition coefficient (Wildman–Crippen LogP) is 10.5. The predicted molar refractivity (Wildman–Crippen MR) is 199 cm³/mol. The minimum atomic E-state index is -0.369.